The molecule has 0 radical (unpaired) electrons. The van der Waals surface area contributed by atoms with Crippen LogP contribution in [0.3, 0.4) is 0 Å². The minimum atomic E-state index is -0.0410. The van der Waals surface area contributed by atoms with Gasteiger partial charge in [0.05, 0.1) is 30.8 Å². The van der Waals surface area contributed by atoms with E-state index in [9.17, 15) is 0 Å². The Morgan fingerprint density at radius 2 is 2.25 bits per heavy atom. The first-order chi connectivity index (χ1) is 11.7. The van der Waals surface area contributed by atoms with Crippen LogP contribution in [0.4, 0.5) is 0 Å². The minimum absolute atomic E-state index is 0.0208. The number of ether oxygens (including phenoxy) is 2. The second kappa shape index (κ2) is 8.19. The van der Waals surface area contributed by atoms with Crippen LogP contribution in [0, 0.1) is 6.92 Å². The van der Waals surface area contributed by atoms with Gasteiger partial charge < -0.3 is 14.6 Å². The standard InChI is InChI=1S/C18H23N3O3/c1-14-10-20-17(11-19-14)18-13-21(5-7-24-18)12-15-3-2-4-16(9-15)23-8-6-22/h2-4,9-11,18,22H,5-8,12-13H2,1H3/t18-/m1/s1. The lowest BCUT2D eigenvalue weighted by Crippen LogP contribution is -2.38. The largest absolute Gasteiger partial charge is 0.491 e. The molecule has 6 heteroatoms. The quantitative estimate of drug-likeness (QED) is 0.870. The van der Waals surface area contributed by atoms with Gasteiger partial charge in [0.1, 0.15) is 18.5 Å². The van der Waals surface area contributed by atoms with Gasteiger partial charge in [-0.1, -0.05) is 12.1 Å². The first-order valence-electron chi connectivity index (χ1n) is 8.19. The number of aliphatic hydroxyl groups excluding tert-OH is 1. The number of hydrogen-bond donors (Lipinski definition) is 1. The molecule has 1 saturated heterocycles. The van der Waals surface area contributed by atoms with E-state index in [-0.39, 0.29) is 12.7 Å². The predicted molar refractivity (Wildman–Crippen MR) is 89.8 cm³/mol. The van der Waals surface area contributed by atoms with E-state index in [1.807, 2.05) is 25.1 Å². The van der Waals surface area contributed by atoms with Crippen LogP contribution in [0.25, 0.3) is 0 Å². The highest BCUT2D eigenvalue weighted by molar-refractivity contribution is 5.28. The van der Waals surface area contributed by atoms with Crippen molar-refractivity contribution < 1.29 is 14.6 Å². The molecule has 0 bridgehead atoms. The smallest absolute Gasteiger partial charge is 0.119 e. The molecule has 1 aromatic heterocycles. The molecular formula is C18H23N3O3. The van der Waals surface area contributed by atoms with Crippen LogP contribution >= 0.6 is 0 Å². The molecule has 1 fully saturated rings. The summed E-state index contributed by atoms with van der Waals surface area (Å²) in [5.74, 6) is 0.788. The molecule has 128 valence electrons. The Bertz CT molecular complexity index is 648. The SMILES string of the molecule is Cc1cnc([C@H]2CN(Cc3cccc(OCCO)c3)CCO2)cn1. The summed E-state index contributed by atoms with van der Waals surface area (Å²) in [6.45, 7) is 5.45. The van der Waals surface area contributed by atoms with Gasteiger partial charge in [0.2, 0.25) is 0 Å². The summed E-state index contributed by atoms with van der Waals surface area (Å²) in [5, 5.41) is 8.85. The highest BCUT2D eigenvalue weighted by Gasteiger charge is 2.23. The summed E-state index contributed by atoms with van der Waals surface area (Å²) < 4.78 is 11.3. The average molecular weight is 329 g/mol. The Labute approximate surface area is 142 Å². The normalized spacial score (nSPS) is 18.5. The van der Waals surface area contributed by atoms with Crippen molar-refractivity contribution in [2.75, 3.05) is 32.9 Å². The summed E-state index contributed by atoms with van der Waals surface area (Å²) >= 11 is 0. The zero-order chi connectivity index (χ0) is 16.8. The summed E-state index contributed by atoms with van der Waals surface area (Å²) in [6.07, 6.45) is 3.53. The number of nitrogens with zero attached hydrogens (tertiary/aromatic N) is 3. The van der Waals surface area contributed by atoms with E-state index in [0.717, 1.165) is 36.8 Å². The molecular weight excluding hydrogens is 306 g/mol. The first-order valence-corrected chi connectivity index (χ1v) is 8.19. The molecule has 2 aromatic rings. The third-order valence-corrected chi connectivity index (χ3v) is 3.95. The Kier molecular flexibility index (Phi) is 5.74. The second-order valence-electron chi connectivity index (χ2n) is 5.90. The fraction of sp³-hybridized carbons (Fsp3) is 0.444. The number of aliphatic hydroxyl groups is 1. The molecule has 1 aromatic carbocycles. The van der Waals surface area contributed by atoms with Crippen LogP contribution in [0.15, 0.2) is 36.7 Å². The van der Waals surface area contributed by atoms with Crippen molar-refractivity contribution in [3.8, 4) is 5.75 Å². The molecule has 0 amide bonds. The fourth-order valence-electron chi connectivity index (χ4n) is 2.75. The number of rotatable bonds is 6. The lowest BCUT2D eigenvalue weighted by atomic mass is 10.1. The topological polar surface area (TPSA) is 67.7 Å². The predicted octanol–water partition coefficient (Wildman–Crippen LogP) is 1.73. The van der Waals surface area contributed by atoms with Gasteiger partial charge in [-0.05, 0) is 24.6 Å². The molecule has 1 aliphatic rings. The number of benzene rings is 1. The van der Waals surface area contributed by atoms with Crippen LogP contribution < -0.4 is 4.74 Å². The number of aryl methyl sites for hydroxylation is 1. The zero-order valence-electron chi connectivity index (χ0n) is 13.9. The van der Waals surface area contributed by atoms with Crippen LogP contribution in [0.5, 0.6) is 5.75 Å². The van der Waals surface area contributed by atoms with Crippen molar-refractivity contribution in [3.05, 3.63) is 53.6 Å². The Morgan fingerprint density at radius 1 is 1.33 bits per heavy atom. The summed E-state index contributed by atoms with van der Waals surface area (Å²) in [4.78, 5) is 11.1. The monoisotopic (exact) mass is 329 g/mol. The molecule has 24 heavy (non-hydrogen) atoms. The van der Waals surface area contributed by atoms with Crippen molar-refractivity contribution in [3.63, 3.8) is 0 Å². The molecule has 0 aliphatic carbocycles. The minimum Gasteiger partial charge on any atom is -0.491 e. The van der Waals surface area contributed by atoms with E-state index in [4.69, 9.17) is 14.6 Å². The Morgan fingerprint density at radius 3 is 3.04 bits per heavy atom. The van der Waals surface area contributed by atoms with Gasteiger partial charge in [-0.2, -0.15) is 0 Å². The molecule has 2 heterocycles. The maximum atomic E-state index is 8.85. The van der Waals surface area contributed by atoms with E-state index in [2.05, 4.69) is 20.9 Å². The molecule has 0 unspecified atom stereocenters. The third-order valence-electron chi connectivity index (χ3n) is 3.95. The van der Waals surface area contributed by atoms with Crippen LogP contribution in [-0.2, 0) is 11.3 Å². The van der Waals surface area contributed by atoms with Gasteiger partial charge >= 0.3 is 0 Å². The van der Waals surface area contributed by atoms with E-state index < -0.39 is 0 Å². The molecule has 1 N–H and O–H groups in total. The number of morpholine rings is 1. The van der Waals surface area contributed by atoms with Gasteiger partial charge in [0.15, 0.2) is 0 Å². The maximum absolute atomic E-state index is 8.85. The Hall–Kier alpha value is -2.02. The van der Waals surface area contributed by atoms with Gasteiger partial charge in [-0.25, -0.2) is 0 Å². The number of aromatic nitrogens is 2. The molecule has 1 atom stereocenters. The lowest BCUT2D eigenvalue weighted by molar-refractivity contribution is -0.0351. The van der Waals surface area contributed by atoms with Crippen LogP contribution in [0.2, 0.25) is 0 Å². The van der Waals surface area contributed by atoms with Gasteiger partial charge in [-0.15, -0.1) is 0 Å². The second-order valence-corrected chi connectivity index (χ2v) is 5.90. The van der Waals surface area contributed by atoms with Gasteiger partial charge in [0, 0.05) is 25.8 Å². The van der Waals surface area contributed by atoms with E-state index in [1.165, 1.54) is 5.56 Å². The maximum Gasteiger partial charge on any atom is 0.119 e. The zero-order valence-corrected chi connectivity index (χ0v) is 13.9. The van der Waals surface area contributed by atoms with E-state index in [0.29, 0.717) is 13.2 Å². The van der Waals surface area contributed by atoms with Gasteiger partial charge in [0.25, 0.3) is 0 Å². The summed E-state index contributed by atoms with van der Waals surface area (Å²) in [5.41, 5.74) is 2.97. The lowest BCUT2D eigenvalue weighted by Gasteiger charge is -2.32. The van der Waals surface area contributed by atoms with Crippen molar-refractivity contribution in [1.82, 2.24) is 14.9 Å². The van der Waals surface area contributed by atoms with Crippen LogP contribution in [0.1, 0.15) is 23.1 Å². The molecule has 0 saturated carbocycles. The van der Waals surface area contributed by atoms with E-state index >= 15 is 0 Å². The fourth-order valence-corrected chi connectivity index (χ4v) is 2.75. The molecule has 1 aliphatic heterocycles. The summed E-state index contributed by atoms with van der Waals surface area (Å²) in [6, 6.07) is 7.99. The van der Waals surface area contributed by atoms with Crippen molar-refractivity contribution >= 4 is 0 Å². The number of hydrogen-bond acceptors (Lipinski definition) is 6. The average Bonchev–Trinajstić information content (AvgIpc) is 2.61. The highest BCUT2D eigenvalue weighted by atomic mass is 16.5. The Balaban J connectivity index is 1.62. The van der Waals surface area contributed by atoms with Crippen molar-refractivity contribution in [2.45, 2.75) is 19.6 Å². The van der Waals surface area contributed by atoms with Crippen LogP contribution in [-0.4, -0.2) is 52.9 Å². The van der Waals surface area contributed by atoms with E-state index in [1.54, 1.807) is 12.4 Å². The van der Waals surface area contributed by atoms with Crippen molar-refractivity contribution in [2.24, 2.45) is 0 Å². The molecule has 3 rings (SSSR count). The molecule has 0 spiro atoms. The highest BCUT2D eigenvalue weighted by Crippen LogP contribution is 2.22. The first kappa shape index (κ1) is 16.8. The van der Waals surface area contributed by atoms with Crippen molar-refractivity contribution in [1.29, 1.82) is 0 Å². The third kappa shape index (κ3) is 4.50. The summed E-state index contributed by atoms with van der Waals surface area (Å²) in [7, 11) is 0. The molecule has 6 nitrogen and oxygen atoms in total. The van der Waals surface area contributed by atoms with Gasteiger partial charge in [-0.3, -0.25) is 14.9 Å².